The van der Waals surface area contributed by atoms with Crippen molar-refractivity contribution in [3.63, 3.8) is 0 Å². The summed E-state index contributed by atoms with van der Waals surface area (Å²) in [5.74, 6) is -12.9. The predicted molar refractivity (Wildman–Crippen MR) is 492 cm³/mol. The van der Waals surface area contributed by atoms with E-state index in [4.69, 9.17) is 34.4 Å². The highest BCUT2D eigenvalue weighted by Gasteiger charge is 2.40. The number of carbonyl (C=O) groups is 15. The van der Waals surface area contributed by atoms with E-state index < -0.39 is 179 Å². The van der Waals surface area contributed by atoms with Crippen molar-refractivity contribution in [2.75, 3.05) is 32.7 Å². The number of unbranched alkanes of at least 4 members (excludes halogenated alkanes) is 5. The fraction of sp³-hybridized carbons (Fsp3) is 0.833. The molecule has 0 aliphatic heterocycles. The van der Waals surface area contributed by atoms with Crippen molar-refractivity contribution in [2.45, 2.75) is 390 Å². The minimum Gasteiger partial charge on any atom is -0.480 e. The average Bonchev–Trinajstić information content (AvgIpc) is 1.07. The van der Waals surface area contributed by atoms with E-state index in [1.165, 1.54) is 0 Å². The van der Waals surface area contributed by atoms with Crippen molar-refractivity contribution in [3.8, 4) is 0 Å². The molecule has 0 aliphatic rings. The number of carboxylic acids is 1. The van der Waals surface area contributed by atoms with E-state index in [1.807, 2.05) is 138 Å². The number of amides is 14. The minimum atomic E-state index is -1.31. The lowest BCUT2D eigenvalue weighted by molar-refractivity contribution is -0.142. The Hall–Kier alpha value is -8.19. The molecule has 36 heteroatoms. The van der Waals surface area contributed by atoms with E-state index in [-0.39, 0.29) is 169 Å². The van der Waals surface area contributed by atoms with Crippen LogP contribution in [0.5, 0.6) is 0 Å². The molecule has 0 saturated carbocycles. The summed E-state index contributed by atoms with van der Waals surface area (Å²) in [6.45, 7) is 38.4. The Morgan fingerprint density at radius 2 is 0.302 bits per heavy atom. The minimum absolute atomic E-state index is 0.0377. The van der Waals surface area contributed by atoms with Crippen molar-refractivity contribution in [1.29, 1.82) is 0 Å². The number of nitrogens with one attached hydrogen (secondary N) is 14. The van der Waals surface area contributed by atoms with Crippen LogP contribution in [0.15, 0.2) is 0 Å². The molecule has 27 N–H and O–H groups in total. The normalized spacial score (nSPS) is 15.3. The zero-order valence-corrected chi connectivity index (χ0v) is 80.2. The second-order valence-electron chi connectivity index (χ2n) is 38.5. The molecule has 728 valence electrons. The maximum Gasteiger partial charge on any atom is 0.326 e. The van der Waals surface area contributed by atoms with Crippen LogP contribution in [0.4, 0.5) is 0 Å². The van der Waals surface area contributed by atoms with Gasteiger partial charge in [-0.3, -0.25) is 67.1 Å². The smallest absolute Gasteiger partial charge is 0.326 e. The summed E-state index contributed by atoms with van der Waals surface area (Å²) in [5.41, 5.74) is 35.2. The molecular formula is C90H172N20O16. The van der Waals surface area contributed by atoms with Gasteiger partial charge in [-0.25, -0.2) is 4.79 Å². The van der Waals surface area contributed by atoms with Gasteiger partial charge in [-0.2, -0.15) is 0 Å². The van der Waals surface area contributed by atoms with Gasteiger partial charge in [0, 0.05) is 0 Å². The van der Waals surface area contributed by atoms with E-state index in [1.54, 1.807) is 0 Å². The van der Waals surface area contributed by atoms with Gasteiger partial charge in [0.05, 0.1) is 6.04 Å². The van der Waals surface area contributed by atoms with E-state index in [0.29, 0.717) is 83.7 Å². The van der Waals surface area contributed by atoms with E-state index in [9.17, 15) is 77.0 Å². The Bertz CT molecular complexity index is 3280. The van der Waals surface area contributed by atoms with Crippen molar-refractivity contribution in [3.05, 3.63) is 0 Å². The molecule has 0 aromatic carbocycles. The van der Waals surface area contributed by atoms with Gasteiger partial charge in [-0.15, -0.1) is 0 Å². The lowest BCUT2D eigenvalue weighted by Gasteiger charge is -2.30. The van der Waals surface area contributed by atoms with Crippen molar-refractivity contribution in [1.82, 2.24) is 74.4 Å². The third kappa shape index (κ3) is 51.1. The quantitative estimate of drug-likeness (QED) is 0.0388. The van der Waals surface area contributed by atoms with Crippen LogP contribution in [-0.4, -0.2) is 217 Å². The second kappa shape index (κ2) is 64.5. The summed E-state index contributed by atoms with van der Waals surface area (Å²) >= 11 is 0. The zero-order chi connectivity index (χ0) is 96.2. The monoisotopic (exact) mass is 1790 g/mol. The van der Waals surface area contributed by atoms with Crippen LogP contribution >= 0.6 is 0 Å². The first kappa shape index (κ1) is 118. The number of carboxylic acid groups (broad SMARTS) is 1. The highest BCUT2D eigenvalue weighted by atomic mass is 16.4. The Balaban J connectivity index is 7.35. The highest BCUT2D eigenvalue weighted by Crippen LogP contribution is 2.20. The van der Waals surface area contributed by atoms with Crippen LogP contribution in [0, 0.1) is 59.2 Å². The van der Waals surface area contributed by atoms with Gasteiger partial charge >= 0.3 is 5.97 Å². The van der Waals surface area contributed by atoms with Crippen LogP contribution < -0.4 is 109 Å². The fourth-order valence-electron chi connectivity index (χ4n) is 14.5. The number of rotatable bonds is 69. The van der Waals surface area contributed by atoms with E-state index in [0.717, 1.165) is 0 Å². The Morgan fingerprint density at radius 3 is 0.444 bits per heavy atom. The molecule has 126 heavy (non-hydrogen) atoms. The third-order valence-electron chi connectivity index (χ3n) is 21.0. The van der Waals surface area contributed by atoms with Crippen molar-refractivity contribution in [2.24, 2.45) is 93.6 Å². The number of hydrogen-bond donors (Lipinski definition) is 21. The summed E-state index contributed by atoms with van der Waals surface area (Å²) in [7, 11) is 0. The van der Waals surface area contributed by atoms with Gasteiger partial charge in [-0.1, -0.05) is 145 Å². The first-order chi connectivity index (χ1) is 59.0. The van der Waals surface area contributed by atoms with Gasteiger partial charge in [0.15, 0.2) is 0 Å². The SMILES string of the molecule is CC(C)C[C@H](NC(=O)[C@H](CC(C)C)NC(=O)[C@H](CCCCN)NC(=O)[C@H](CC(C)C)NC(=O)[C@H](CC(C)C)NC(=O)[C@H](CC(C)C)NC(=O)[C@H](CCCCN)NC(=O)[C@H](CC(C)C)NC(=O)[C@H](CC(C)C)NC(=O)[C@H](CC(C)C)NC(=O)[C@H](CCCCN)NC(=O)[C@H](CC(C)C)NC(=O)[C@H](CC(C)C)NC(=O)[C@@H](N)CCCCN)C(=O)N[C@@H](CCCCN)C(=O)O. The zero-order valence-electron chi connectivity index (χ0n) is 80.2. The van der Waals surface area contributed by atoms with Gasteiger partial charge in [0.25, 0.3) is 0 Å². The van der Waals surface area contributed by atoms with E-state index >= 15 is 0 Å². The van der Waals surface area contributed by atoms with Crippen LogP contribution in [0.3, 0.4) is 0 Å². The molecule has 36 nitrogen and oxygen atoms in total. The molecule has 0 rings (SSSR count). The van der Waals surface area contributed by atoms with Crippen LogP contribution in [0.1, 0.15) is 299 Å². The van der Waals surface area contributed by atoms with Crippen LogP contribution in [0.25, 0.3) is 0 Å². The standard InChI is InChI=1S/C90H172N20O16/c1-51(2)41-66(101-76(111)61(96)31-21-26-36-91)84(119)105-67(42-52(3)4)80(115)97-62(32-22-27-37-92)78(113)103-72(47-57(13)14)86(121)109-74(49-59(17)18)89(124)107-69(44-54(7)8)82(117)99-64(34-24-29-39-94)79(114)104-73(48-58(15)16)87(122)110-75(50-60(19)20)88(123)106-68(43-53(5)6)81(116)98-63(33-23-28-38-93)77(112)102-71(46-56(11)12)85(120)108-70(45-55(9)10)83(118)100-65(90(125)126)35-25-30-40-95/h51-75H,21-50,91-96H2,1-20H3,(H,97,115)(H,98,116)(H,99,117)(H,100,118)(H,101,111)(H,102,112)(H,103,113)(H,104,114)(H,105,119)(H,106,123)(H,107,124)(H,108,120)(H,109,121)(H,110,122)(H,125,126)/t61-,62-,63-,64-,65-,66-,67-,68-,69-,70-,71-,72-,73-,74-,75-/m0/s1. The summed E-state index contributed by atoms with van der Waals surface area (Å²) < 4.78 is 0. The first-order valence-corrected chi connectivity index (χ1v) is 46.8. The summed E-state index contributed by atoms with van der Waals surface area (Å²) in [6.07, 6.45) is 6.46. The molecule has 0 aromatic heterocycles. The number of carbonyl (C=O) groups excluding carboxylic acids is 14. The van der Waals surface area contributed by atoms with Gasteiger partial charge in [-0.05, 0) is 246 Å². The number of nitrogens with two attached hydrogens (primary N) is 6. The Morgan fingerprint density at radius 1 is 0.183 bits per heavy atom. The maximum absolute atomic E-state index is 14.9. The fourth-order valence-corrected chi connectivity index (χ4v) is 14.5. The lowest BCUT2D eigenvalue weighted by Crippen LogP contribution is -2.61. The molecule has 0 aliphatic carbocycles. The third-order valence-corrected chi connectivity index (χ3v) is 21.0. The molecular weight excluding hydrogens is 1620 g/mol. The highest BCUT2D eigenvalue weighted by molar-refractivity contribution is 6.00. The average molecular weight is 1790 g/mol. The van der Waals surface area contributed by atoms with Gasteiger partial charge < -0.3 is 114 Å². The molecule has 0 aromatic rings. The number of hydrogen-bond acceptors (Lipinski definition) is 21. The summed E-state index contributed by atoms with van der Waals surface area (Å²) in [5, 5.41) is 49.3. The summed E-state index contributed by atoms with van der Waals surface area (Å²) in [6, 6.07) is -18.2. The van der Waals surface area contributed by atoms with Crippen molar-refractivity contribution < 1.29 is 77.0 Å². The molecule has 14 amide bonds. The lowest BCUT2D eigenvalue weighted by atomic mass is 9.97. The molecule has 15 atom stereocenters. The van der Waals surface area contributed by atoms with Gasteiger partial charge in [0.2, 0.25) is 82.7 Å². The molecule has 0 radical (unpaired) electrons. The van der Waals surface area contributed by atoms with Gasteiger partial charge in [0.1, 0.15) is 84.6 Å². The van der Waals surface area contributed by atoms with Crippen molar-refractivity contribution >= 4 is 88.7 Å². The van der Waals surface area contributed by atoms with Crippen LogP contribution in [-0.2, 0) is 71.9 Å². The largest absolute Gasteiger partial charge is 0.480 e. The number of aliphatic carboxylic acids is 1. The molecule has 0 saturated heterocycles. The maximum atomic E-state index is 14.9. The van der Waals surface area contributed by atoms with Crippen LogP contribution in [0.2, 0.25) is 0 Å². The Kier molecular flexibility index (Phi) is 60.3. The predicted octanol–water partition coefficient (Wildman–Crippen LogP) is 3.29. The summed E-state index contributed by atoms with van der Waals surface area (Å²) in [4.78, 5) is 215. The molecule has 0 spiro atoms. The first-order valence-electron chi connectivity index (χ1n) is 46.8. The topological polar surface area (TPSA) is 601 Å². The molecule has 0 heterocycles. The Labute approximate surface area is 752 Å². The molecule has 0 unspecified atom stereocenters. The second-order valence-corrected chi connectivity index (χ2v) is 38.5. The van der Waals surface area contributed by atoms with E-state index in [2.05, 4.69) is 74.4 Å². The molecule has 0 fully saturated rings. The molecule has 0 bridgehead atoms.